The van der Waals surface area contributed by atoms with E-state index in [0.29, 0.717) is 5.92 Å². The molecule has 1 N–H and O–H groups in total. The summed E-state index contributed by atoms with van der Waals surface area (Å²) in [6.45, 7) is 3.04. The number of para-hydroxylation sites is 1. The van der Waals surface area contributed by atoms with Gasteiger partial charge < -0.3 is 9.64 Å². The van der Waals surface area contributed by atoms with Crippen LogP contribution < -0.4 is 9.64 Å². The third-order valence-electron chi connectivity index (χ3n) is 5.06. The van der Waals surface area contributed by atoms with Crippen molar-refractivity contribution in [1.29, 1.82) is 0 Å². The van der Waals surface area contributed by atoms with Crippen LogP contribution in [0.25, 0.3) is 0 Å². The summed E-state index contributed by atoms with van der Waals surface area (Å²) in [5.74, 6) is 0.976. The van der Waals surface area contributed by atoms with Crippen molar-refractivity contribution >= 4 is 5.95 Å². The van der Waals surface area contributed by atoms with E-state index in [4.69, 9.17) is 4.74 Å². The molecule has 29 heavy (non-hydrogen) atoms. The summed E-state index contributed by atoms with van der Waals surface area (Å²) in [7, 11) is 3.86. The number of benzene rings is 1. The second kappa shape index (κ2) is 8.57. The van der Waals surface area contributed by atoms with Crippen molar-refractivity contribution < 1.29 is 9.13 Å². The zero-order valence-electron chi connectivity index (χ0n) is 16.7. The minimum Gasteiger partial charge on any atom is -0.484 e. The van der Waals surface area contributed by atoms with Crippen LogP contribution in [0.4, 0.5) is 10.3 Å². The zero-order chi connectivity index (χ0) is 20.2. The molecular formula is C21H25FN6O. The maximum Gasteiger partial charge on any atom is 0.224 e. The SMILES string of the molecule is CN(C)c1ncc(CN2CC[C@@H](c3cc(COc4ccccc4F)[nH]n3)C2)cn1. The molecule has 7 nitrogen and oxygen atoms in total. The monoisotopic (exact) mass is 396 g/mol. The van der Waals surface area contributed by atoms with Gasteiger partial charge in [-0.3, -0.25) is 10.00 Å². The van der Waals surface area contributed by atoms with Crippen LogP contribution in [-0.2, 0) is 13.2 Å². The number of hydrogen-bond donors (Lipinski definition) is 1. The maximum absolute atomic E-state index is 13.7. The Bertz CT molecular complexity index is 942. The normalized spacial score (nSPS) is 16.9. The Labute approximate surface area is 169 Å². The Balaban J connectivity index is 1.31. The van der Waals surface area contributed by atoms with Gasteiger partial charge in [0.1, 0.15) is 6.61 Å². The number of ether oxygens (including phenoxy) is 1. The number of likely N-dealkylation sites (tertiary alicyclic amines) is 1. The van der Waals surface area contributed by atoms with E-state index in [1.807, 2.05) is 37.5 Å². The molecule has 3 aromatic rings. The van der Waals surface area contributed by atoms with Gasteiger partial charge in [0.25, 0.3) is 0 Å². The van der Waals surface area contributed by atoms with Gasteiger partial charge in [0.2, 0.25) is 5.95 Å². The van der Waals surface area contributed by atoms with E-state index >= 15 is 0 Å². The van der Waals surface area contributed by atoms with Gasteiger partial charge in [-0.25, -0.2) is 14.4 Å². The number of nitrogens with zero attached hydrogens (tertiary/aromatic N) is 5. The number of rotatable bonds is 7. The van der Waals surface area contributed by atoms with E-state index in [1.54, 1.807) is 18.2 Å². The Morgan fingerprint density at radius 3 is 2.79 bits per heavy atom. The third-order valence-corrected chi connectivity index (χ3v) is 5.06. The highest BCUT2D eigenvalue weighted by Crippen LogP contribution is 2.27. The number of nitrogens with one attached hydrogen (secondary N) is 1. The lowest BCUT2D eigenvalue weighted by atomic mass is 10.1. The quantitative estimate of drug-likeness (QED) is 0.662. The fourth-order valence-corrected chi connectivity index (χ4v) is 3.52. The van der Waals surface area contributed by atoms with E-state index in [-0.39, 0.29) is 18.2 Å². The molecule has 1 atom stereocenters. The molecule has 152 valence electrons. The summed E-state index contributed by atoms with van der Waals surface area (Å²) in [4.78, 5) is 13.0. The molecule has 1 aliphatic rings. The second-order valence-electron chi connectivity index (χ2n) is 7.54. The average molecular weight is 396 g/mol. The van der Waals surface area contributed by atoms with Crippen LogP contribution in [-0.4, -0.2) is 52.3 Å². The number of hydrogen-bond acceptors (Lipinski definition) is 6. The highest BCUT2D eigenvalue weighted by atomic mass is 19.1. The number of halogens is 1. The smallest absolute Gasteiger partial charge is 0.224 e. The molecule has 0 radical (unpaired) electrons. The van der Waals surface area contributed by atoms with Gasteiger partial charge in [-0.15, -0.1) is 0 Å². The lowest BCUT2D eigenvalue weighted by molar-refractivity contribution is 0.286. The second-order valence-corrected chi connectivity index (χ2v) is 7.54. The number of H-pyrrole nitrogens is 1. The van der Waals surface area contributed by atoms with E-state index in [9.17, 15) is 4.39 Å². The van der Waals surface area contributed by atoms with Crippen LogP contribution in [0.3, 0.4) is 0 Å². The number of aromatic amines is 1. The minimum absolute atomic E-state index is 0.248. The molecule has 2 aromatic heterocycles. The molecule has 0 spiro atoms. The Morgan fingerprint density at radius 1 is 1.24 bits per heavy atom. The van der Waals surface area contributed by atoms with Crippen molar-refractivity contribution in [3.8, 4) is 5.75 Å². The molecule has 0 bridgehead atoms. The Kier molecular flexibility index (Phi) is 5.71. The van der Waals surface area contributed by atoms with Crippen LogP contribution in [0.2, 0.25) is 0 Å². The van der Waals surface area contributed by atoms with Gasteiger partial charge in [-0.2, -0.15) is 5.10 Å². The first-order valence-corrected chi connectivity index (χ1v) is 9.70. The lowest BCUT2D eigenvalue weighted by Gasteiger charge is -2.16. The van der Waals surface area contributed by atoms with Crippen molar-refractivity contribution in [3.63, 3.8) is 0 Å². The molecule has 0 amide bonds. The molecule has 1 saturated heterocycles. The minimum atomic E-state index is -0.360. The summed E-state index contributed by atoms with van der Waals surface area (Å²) in [5, 5.41) is 7.46. The van der Waals surface area contributed by atoms with Crippen LogP contribution in [0.15, 0.2) is 42.7 Å². The first-order valence-electron chi connectivity index (χ1n) is 9.70. The molecule has 0 saturated carbocycles. The largest absolute Gasteiger partial charge is 0.484 e. The molecule has 1 aliphatic heterocycles. The molecule has 1 fully saturated rings. The Hall–Kier alpha value is -3.00. The molecule has 1 aromatic carbocycles. The molecule has 0 aliphatic carbocycles. The van der Waals surface area contributed by atoms with Gasteiger partial charge in [-0.05, 0) is 31.2 Å². The fourth-order valence-electron chi connectivity index (χ4n) is 3.52. The van der Waals surface area contributed by atoms with Crippen molar-refractivity contribution in [1.82, 2.24) is 25.1 Å². The van der Waals surface area contributed by atoms with Gasteiger partial charge in [0, 0.05) is 51.1 Å². The molecule has 0 unspecified atom stereocenters. The molecular weight excluding hydrogens is 371 g/mol. The number of anilines is 1. The topological polar surface area (TPSA) is 70.2 Å². The van der Waals surface area contributed by atoms with Crippen LogP contribution in [0, 0.1) is 5.82 Å². The highest BCUT2D eigenvalue weighted by molar-refractivity contribution is 5.27. The van der Waals surface area contributed by atoms with Gasteiger partial charge in [0.15, 0.2) is 11.6 Å². The van der Waals surface area contributed by atoms with Gasteiger partial charge >= 0.3 is 0 Å². The zero-order valence-corrected chi connectivity index (χ0v) is 16.7. The van der Waals surface area contributed by atoms with Crippen LogP contribution >= 0.6 is 0 Å². The molecule has 3 heterocycles. The van der Waals surface area contributed by atoms with Crippen molar-refractivity contribution in [2.45, 2.75) is 25.5 Å². The van der Waals surface area contributed by atoms with E-state index in [0.717, 1.165) is 49.0 Å². The Morgan fingerprint density at radius 2 is 2.03 bits per heavy atom. The first kappa shape index (κ1) is 19.3. The lowest BCUT2D eigenvalue weighted by Crippen LogP contribution is -2.20. The standard InChI is InChI=1S/C21H25FN6O/c1-27(2)21-23-10-15(11-24-21)12-28-8-7-16(13-28)19-9-17(25-26-19)14-29-20-6-4-3-5-18(20)22/h3-6,9-11,16H,7-8,12-14H2,1-2H3,(H,25,26)/t16-/m1/s1. The van der Waals surface area contributed by atoms with E-state index in [1.165, 1.54) is 6.07 Å². The maximum atomic E-state index is 13.7. The van der Waals surface area contributed by atoms with Gasteiger partial charge in [0.05, 0.1) is 11.4 Å². The average Bonchev–Trinajstić information content (AvgIpc) is 3.37. The summed E-state index contributed by atoms with van der Waals surface area (Å²) < 4.78 is 19.2. The fraction of sp³-hybridized carbons (Fsp3) is 0.381. The molecule has 8 heteroatoms. The van der Waals surface area contributed by atoms with E-state index < -0.39 is 0 Å². The van der Waals surface area contributed by atoms with Crippen molar-refractivity contribution in [2.75, 3.05) is 32.1 Å². The summed E-state index contributed by atoms with van der Waals surface area (Å²) in [6, 6.07) is 8.42. The third kappa shape index (κ3) is 4.71. The van der Waals surface area contributed by atoms with Crippen LogP contribution in [0.1, 0.15) is 29.3 Å². The summed E-state index contributed by atoms with van der Waals surface area (Å²) in [6.07, 6.45) is 4.83. The van der Waals surface area contributed by atoms with Crippen LogP contribution in [0.5, 0.6) is 5.75 Å². The molecule has 4 rings (SSSR count). The van der Waals surface area contributed by atoms with Crippen molar-refractivity contribution in [2.24, 2.45) is 0 Å². The first-order chi connectivity index (χ1) is 14.1. The van der Waals surface area contributed by atoms with Crippen molar-refractivity contribution in [3.05, 3.63) is 65.5 Å². The number of aromatic nitrogens is 4. The predicted molar refractivity (Wildman–Crippen MR) is 108 cm³/mol. The highest BCUT2D eigenvalue weighted by Gasteiger charge is 2.26. The van der Waals surface area contributed by atoms with E-state index in [2.05, 4.69) is 25.1 Å². The van der Waals surface area contributed by atoms with Gasteiger partial charge in [-0.1, -0.05) is 12.1 Å². The predicted octanol–water partition coefficient (Wildman–Crippen LogP) is 2.97. The summed E-state index contributed by atoms with van der Waals surface area (Å²) in [5.41, 5.74) is 2.98. The summed E-state index contributed by atoms with van der Waals surface area (Å²) >= 11 is 0.